The van der Waals surface area contributed by atoms with Gasteiger partial charge in [0.2, 0.25) is 0 Å². The number of hydrogen-bond donors (Lipinski definition) is 0. The van der Waals surface area contributed by atoms with Crippen molar-refractivity contribution in [3.8, 4) is 0 Å². The average Bonchev–Trinajstić information content (AvgIpc) is 2.16. The van der Waals surface area contributed by atoms with E-state index in [-0.39, 0.29) is 18.0 Å². The van der Waals surface area contributed by atoms with Crippen molar-refractivity contribution in [3.63, 3.8) is 0 Å². The van der Waals surface area contributed by atoms with Gasteiger partial charge >= 0.3 is 0 Å². The van der Waals surface area contributed by atoms with Gasteiger partial charge in [-0.2, -0.15) is 0 Å². The predicted octanol–water partition coefficient (Wildman–Crippen LogP) is 2.00. The molecule has 0 spiro atoms. The van der Waals surface area contributed by atoms with Crippen LogP contribution in [-0.4, -0.2) is 26.2 Å². The molecule has 1 rings (SSSR count). The summed E-state index contributed by atoms with van der Waals surface area (Å²) in [4.78, 5) is 11.8. The number of Topliss-reactive ketones (excluding diaryl/α,β-unsaturated/α-hetero) is 1. The fourth-order valence-electron chi connectivity index (χ4n) is 1.52. The minimum absolute atomic E-state index is 0.0155. The zero-order valence-corrected chi connectivity index (χ0v) is 10.4. The highest BCUT2D eigenvalue weighted by Crippen LogP contribution is 2.11. The van der Waals surface area contributed by atoms with Crippen LogP contribution >= 0.6 is 0 Å². The summed E-state index contributed by atoms with van der Waals surface area (Å²) in [5.41, 5.74) is 1.63. The van der Waals surface area contributed by atoms with Crippen molar-refractivity contribution in [2.45, 2.75) is 19.8 Å². The minimum atomic E-state index is -2.96. The standard InChI is InChI=1S/C12H16O3S/c1-10-6-3-4-7-11(10)12(13)8-5-9-16(2,14)15/h3-4,6-7H,5,8-9H2,1-2H3. The van der Waals surface area contributed by atoms with Gasteiger partial charge in [0.1, 0.15) is 9.84 Å². The van der Waals surface area contributed by atoms with Crippen LogP contribution in [0, 0.1) is 6.92 Å². The molecule has 0 aliphatic carbocycles. The van der Waals surface area contributed by atoms with Gasteiger partial charge in [0.05, 0.1) is 5.75 Å². The van der Waals surface area contributed by atoms with Gasteiger partial charge in [0.15, 0.2) is 5.78 Å². The molecule has 0 N–H and O–H groups in total. The molecule has 16 heavy (non-hydrogen) atoms. The van der Waals surface area contributed by atoms with Crippen molar-refractivity contribution >= 4 is 15.6 Å². The summed E-state index contributed by atoms with van der Waals surface area (Å²) < 4.78 is 21.8. The molecule has 3 nitrogen and oxygen atoms in total. The number of hydrogen-bond acceptors (Lipinski definition) is 3. The summed E-state index contributed by atoms with van der Waals surface area (Å²) in [6.45, 7) is 1.88. The van der Waals surface area contributed by atoms with Crippen molar-refractivity contribution in [1.82, 2.24) is 0 Å². The largest absolute Gasteiger partial charge is 0.294 e. The SMILES string of the molecule is Cc1ccccc1C(=O)CCCS(C)(=O)=O. The van der Waals surface area contributed by atoms with Crippen molar-refractivity contribution in [1.29, 1.82) is 0 Å². The molecule has 0 fully saturated rings. The second-order valence-corrected chi connectivity index (χ2v) is 6.23. The Morgan fingerprint density at radius 3 is 2.44 bits per heavy atom. The summed E-state index contributed by atoms with van der Waals surface area (Å²) >= 11 is 0. The number of sulfone groups is 1. The number of carbonyl (C=O) groups is 1. The van der Waals surface area contributed by atoms with Crippen LogP contribution in [0.25, 0.3) is 0 Å². The third-order valence-corrected chi connectivity index (χ3v) is 3.39. The first-order valence-corrected chi connectivity index (χ1v) is 7.23. The maximum Gasteiger partial charge on any atom is 0.163 e. The lowest BCUT2D eigenvalue weighted by molar-refractivity contribution is 0.0981. The molecule has 4 heteroatoms. The van der Waals surface area contributed by atoms with Gasteiger partial charge in [0.25, 0.3) is 0 Å². The normalized spacial score (nSPS) is 11.4. The van der Waals surface area contributed by atoms with Crippen LogP contribution in [0.15, 0.2) is 24.3 Å². The Labute approximate surface area is 96.4 Å². The van der Waals surface area contributed by atoms with Crippen molar-refractivity contribution in [2.24, 2.45) is 0 Å². The molecule has 0 amide bonds. The summed E-state index contributed by atoms with van der Waals surface area (Å²) in [5, 5.41) is 0. The fourth-order valence-corrected chi connectivity index (χ4v) is 2.18. The Kier molecular flexibility index (Phi) is 4.24. The van der Waals surface area contributed by atoms with E-state index in [4.69, 9.17) is 0 Å². The van der Waals surface area contributed by atoms with Crippen LogP contribution in [0.5, 0.6) is 0 Å². The molecule has 0 saturated heterocycles. The molecule has 0 aliphatic heterocycles. The summed E-state index contributed by atoms with van der Waals surface area (Å²) in [6, 6.07) is 7.35. The lowest BCUT2D eigenvalue weighted by Gasteiger charge is -2.03. The van der Waals surface area contributed by atoms with Gasteiger partial charge in [-0.1, -0.05) is 24.3 Å². The van der Waals surface area contributed by atoms with E-state index in [2.05, 4.69) is 0 Å². The molecule has 0 saturated carbocycles. The number of rotatable bonds is 5. The third kappa shape index (κ3) is 4.14. The number of benzene rings is 1. The van der Waals surface area contributed by atoms with Crippen molar-refractivity contribution in [3.05, 3.63) is 35.4 Å². The molecule has 0 unspecified atom stereocenters. The smallest absolute Gasteiger partial charge is 0.163 e. The van der Waals surface area contributed by atoms with Crippen molar-refractivity contribution < 1.29 is 13.2 Å². The maximum atomic E-state index is 11.8. The summed E-state index contributed by atoms with van der Waals surface area (Å²) in [6.07, 6.45) is 1.87. The van der Waals surface area contributed by atoms with E-state index < -0.39 is 9.84 Å². The highest BCUT2D eigenvalue weighted by Gasteiger charge is 2.09. The topological polar surface area (TPSA) is 51.2 Å². The molecule has 0 bridgehead atoms. The van der Waals surface area contributed by atoms with Gasteiger partial charge in [-0.3, -0.25) is 4.79 Å². The van der Waals surface area contributed by atoms with E-state index in [0.29, 0.717) is 12.0 Å². The van der Waals surface area contributed by atoms with Gasteiger partial charge < -0.3 is 0 Å². The van der Waals surface area contributed by atoms with E-state index in [1.807, 2.05) is 25.1 Å². The lowest BCUT2D eigenvalue weighted by Crippen LogP contribution is -2.07. The van der Waals surface area contributed by atoms with Gasteiger partial charge in [-0.15, -0.1) is 0 Å². The zero-order valence-electron chi connectivity index (χ0n) is 9.56. The Bertz CT molecular complexity index is 475. The van der Waals surface area contributed by atoms with E-state index in [0.717, 1.165) is 5.56 Å². The molecule has 0 heterocycles. The molecule has 0 atom stereocenters. The minimum Gasteiger partial charge on any atom is -0.294 e. The Balaban J connectivity index is 2.57. The number of aryl methyl sites for hydroxylation is 1. The van der Waals surface area contributed by atoms with E-state index in [9.17, 15) is 13.2 Å². The second-order valence-electron chi connectivity index (χ2n) is 3.97. The number of carbonyl (C=O) groups excluding carboxylic acids is 1. The zero-order chi connectivity index (χ0) is 12.2. The highest BCUT2D eigenvalue weighted by molar-refractivity contribution is 7.90. The van der Waals surface area contributed by atoms with Crippen molar-refractivity contribution in [2.75, 3.05) is 12.0 Å². The highest BCUT2D eigenvalue weighted by atomic mass is 32.2. The van der Waals surface area contributed by atoms with E-state index in [1.165, 1.54) is 6.26 Å². The molecule has 0 aromatic heterocycles. The Morgan fingerprint density at radius 2 is 1.88 bits per heavy atom. The fraction of sp³-hybridized carbons (Fsp3) is 0.417. The van der Waals surface area contributed by atoms with Crippen LogP contribution < -0.4 is 0 Å². The van der Waals surface area contributed by atoms with Gasteiger partial charge in [-0.05, 0) is 18.9 Å². The Morgan fingerprint density at radius 1 is 1.25 bits per heavy atom. The van der Waals surface area contributed by atoms with E-state index >= 15 is 0 Å². The van der Waals surface area contributed by atoms with Crippen LogP contribution in [0.3, 0.4) is 0 Å². The second kappa shape index (κ2) is 5.25. The molecular formula is C12H16O3S. The quantitative estimate of drug-likeness (QED) is 0.740. The van der Waals surface area contributed by atoms with Crippen LogP contribution in [0.2, 0.25) is 0 Å². The first-order chi connectivity index (χ1) is 7.40. The molecule has 1 aromatic rings. The van der Waals surface area contributed by atoms with Crippen LogP contribution in [0.4, 0.5) is 0 Å². The molecule has 1 aromatic carbocycles. The van der Waals surface area contributed by atoms with Gasteiger partial charge in [0, 0.05) is 18.2 Å². The summed E-state index contributed by atoms with van der Waals surface area (Å²) in [7, 11) is -2.96. The van der Waals surface area contributed by atoms with Gasteiger partial charge in [-0.25, -0.2) is 8.42 Å². The molecular weight excluding hydrogens is 224 g/mol. The third-order valence-electron chi connectivity index (χ3n) is 2.36. The van der Waals surface area contributed by atoms with E-state index in [1.54, 1.807) is 6.07 Å². The number of ketones is 1. The monoisotopic (exact) mass is 240 g/mol. The molecule has 0 radical (unpaired) electrons. The Hall–Kier alpha value is -1.16. The summed E-state index contributed by atoms with van der Waals surface area (Å²) in [5.74, 6) is 0.0895. The predicted molar refractivity (Wildman–Crippen MR) is 64.5 cm³/mol. The lowest BCUT2D eigenvalue weighted by atomic mass is 10.0. The first-order valence-electron chi connectivity index (χ1n) is 5.17. The van der Waals surface area contributed by atoms with Crippen LogP contribution in [-0.2, 0) is 9.84 Å². The molecule has 88 valence electrons. The first kappa shape index (κ1) is 12.9. The van der Waals surface area contributed by atoms with Crippen LogP contribution in [0.1, 0.15) is 28.8 Å². The average molecular weight is 240 g/mol. The molecule has 0 aliphatic rings. The maximum absolute atomic E-state index is 11.8.